The van der Waals surface area contributed by atoms with Crippen LogP contribution in [0.3, 0.4) is 0 Å². The lowest BCUT2D eigenvalue weighted by Crippen LogP contribution is -2.21. The van der Waals surface area contributed by atoms with Gasteiger partial charge in [0.15, 0.2) is 0 Å². The Kier molecular flexibility index (Phi) is 5.15. The zero-order valence-corrected chi connectivity index (χ0v) is 13.6. The Labute approximate surface area is 137 Å². The molecule has 2 rings (SSSR count). The van der Waals surface area contributed by atoms with Gasteiger partial charge >= 0.3 is 0 Å². The van der Waals surface area contributed by atoms with Crippen LogP contribution in [0, 0.1) is 11.6 Å². The minimum atomic E-state index is -3.89. The standard InChI is InChI=1S/C15H14F2N2O4S/c1-18-24(21,22)13-8-9(6-7-12(13)23-2)15(20)19-14-10(16)4-3-5-11(14)17/h3-8,18H,1-2H3,(H,19,20). The maximum absolute atomic E-state index is 13.6. The fraction of sp³-hybridized carbons (Fsp3) is 0.133. The topological polar surface area (TPSA) is 84.5 Å². The molecule has 0 fully saturated rings. The van der Waals surface area contributed by atoms with Crippen LogP contribution >= 0.6 is 0 Å². The highest BCUT2D eigenvalue weighted by Crippen LogP contribution is 2.26. The van der Waals surface area contributed by atoms with Crippen LogP contribution in [0.4, 0.5) is 14.5 Å². The number of sulfonamides is 1. The highest BCUT2D eigenvalue weighted by Gasteiger charge is 2.21. The van der Waals surface area contributed by atoms with Crippen molar-refractivity contribution in [2.24, 2.45) is 0 Å². The molecular formula is C15H14F2N2O4S. The van der Waals surface area contributed by atoms with Gasteiger partial charge in [0.05, 0.1) is 7.11 Å². The Balaban J connectivity index is 2.42. The molecule has 0 saturated heterocycles. The number of benzene rings is 2. The number of hydrogen-bond donors (Lipinski definition) is 2. The summed E-state index contributed by atoms with van der Waals surface area (Å²) in [5, 5.41) is 2.08. The number of ether oxygens (including phenoxy) is 1. The first-order valence-corrected chi connectivity index (χ1v) is 8.15. The van der Waals surface area contributed by atoms with Crippen molar-refractivity contribution in [2.45, 2.75) is 4.90 Å². The Hall–Kier alpha value is -2.52. The molecule has 0 aliphatic rings. The van der Waals surface area contributed by atoms with Gasteiger partial charge in [0, 0.05) is 5.56 Å². The van der Waals surface area contributed by atoms with E-state index in [9.17, 15) is 22.0 Å². The number of methoxy groups -OCH3 is 1. The minimum Gasteiger partial charge on any atom is -0.495 e. The average Bonchev–Trinajstić information content (AvgIpc) is 2.57. The summed E-state index contributed by atoms with van der Waals surface area (Å²) < 4.78 is 58.2. The predicted octanol–water partition coefficient (Wildman–Crippen LogP) is 2.13. The monoisotopic (exact) mass is 356 g/mol. The highest BCUT2D eigenvalue weighted by atomic mass is 32.2. The van der Waals surface area contributed by atoms with Gasteiger partial charge in [-0.2, -0.15) is 0 Å². The van der Waals surface area contributed by atoms with Crippen molar-refractivity contribution in [3.63, 3.8) is 0 Å². The third kappa shape index (κ3) is 3.52. The number of amides is 1. The molecule has 9 heteroatoms. The van der Waals surface area contributed by atoms with Gasteiger partial charge in [-0.1, -0.05) is 6.07 Å². The number of carbonyl (C=O) groups excluding carboxylic acids is 1. The zero-order valence-electron chi connectivity index (χ0n) is 12.8. The molecule has 0 aromatic heterocycles. The van der Waals surface area contributed by atoms with Crippen molar-refractivity contribution >= 4 is 21.6 Å². The lowest BCUT2D eigenvalue weighted by atomic mass is 10.2. The smallest absolute Gasteiger partial charge is 0.255 e. The van der Waals surface area contributed by atoms with Gasteiger partial charge in [-0.3, -0.25) is 4.79 Å². The van der Waals surface area contributed by atoms with Crippen LogP contribution in [0.25, 0.3) is 0 Å². The van der Waals surface area contributed by atoms with Crippen molar-refractivity contribution in [3.8, 4) is 5.75 Å². The molecule has 0 aliphatic carbocycles. The van der Waals surface area contributed by atoms with Crippen molar-refractivity contribution < 1.29 is 26.7 Å². The lowest BCUT2D eigenvalue weighted by Gasteiger charge is -2.11. The second-order valence-electron chi connectivity index (χ2n) is 4.62. The van der Waals surface area contributed by atoms with E-state index < -0.39 is 33.3 Å². The molecule has 128 valence electrons. The number of nitrogens with one attached hydrogen (secondary N) is 2. The summed E-state index contributed by atoms with van der Waals surface area (Å²) in [6.07, 6.45) is 0. The molecule has 0 bridgehead atoms. The second kappa shape index (κ2) is 6.93. The Morgan fingerprint density at radius 3 is 2.29 bits per heavy atom. The lowest BCUT2D eigenvalue weighted by molar-refractivity contribution is 0.102. The second-order valence-corrected chi connectivity index (χ2v) is 6.48. The number of carbonyl (C=O) groups is 1. The van der Waals surface area contributed by atoms with Gasteiger partial charge in [0.2, 0.25) is 10.0 Å². The minimum absolute atomic E-state index is 0.0259. The maximum Gasteiger partial charge on any atom is 0.255 e. The fourth-order valence-electron chi connectivity index (χ4n) is 1.94. The van der Waals surface area contributed by atoms with Crippen LogP contribution in [-0.2, 0) is 10.0 Å². The van der Waals surface area contributed by atoms with Gasteiger partial charge in [-0.05, 0) is 37.4 Å². The van der Waals surface area contributed by atoms with E-state index in [4.69, 9.17) is 4.74 Å². The molecule has 24 heavy (non-hydrogen) atoms. The Bertz CT molecular complexity index is 865. The molecule has 0 aliphatic heterocycles. The summed E-state index contributed by atoms with van der Waals surface area (Å²) >= 11 is 0. The van der Waals surface area contributed by atoms with Gasteiger partial charge in [0.25, 0.3) is 5.91 Å². The number of rotatable bonds is 5. The van der Waals surface area contributed by atoms with E-state index in [0.717, 1.165) is 24.3 Å². The first-order valence-electron chi connectivity index (χ1n) is 6.67. The van der Waals surface area contributed by atoms with E-state index in [1.165, 1.54) is 26.3 Å². The van der Waals surface area contributed by atoms with E-state index in [2.05, 4.69) is 10.0 Å². The number of para-hydroxylation sites is 1. The third-order valence-electron chi connectivity index (χ3n) is 3.19. The van der Waals surface area contributed by atoms with Gasteiger partial charge in [-0.15, -0.1) is 0 Å². The number of anilines is 1. The normalized spacial score (nSPS) is 11.2. The summed E-state index contributed by atoms with van der Waals surface area (Å²) in [7, 11) is -1.41. The summed E-state index contributed by atoms with van der Waals surface area (Å²) in [5.41, 5.74) is -0.719. The predicted molar refractivity (Wildman–Crippen MR) is 83.6 cm³/mol. The molecule has 1 amide bonds. The first kappa shape index (κ1) is 17.8. The molecule has 0 unspecified atom stereocenters. The molecule has 0 spiro atoms. The molecule has 2 aromatic rings. The number of halogens is 2. The van der Waals surface area contributed by atoms with E-state index in [1.807, 2.05) is 0 Å². The van der Waals surface area contributed by atoms with E-state index >= 15 is 0 Å². The first-order chi connectivity index (χ1) is 11.3. The summed E-state index contributed by atoms with van der Waals surface area (Å²) in [6, 6.07) is 6.75. The van der Waals surface area contributed by atoms with Crippen molar-refractivity contribution in [3.05, 3.63) is 53.6 Å². The Morgan fingerprint density at radius 1 is 1.12 bits per heavy atom. The summed E-state index contributed by atoms with van der Waals surface area (Å²) in [6.45, 7) is 0. The largest absolute Gasteiger partial charge is 0.495 e. The van der Waals surface area contributed by atoms with E-state index in [-0.39, 0.29) is 16.2 Å². The van der Waals surface area contributed by atoms with E-state index in [0.29, 0.717) is 0 Å². The van der Waals surface area contributed by atoms with Gasteiger partial charge in [0.1, 0.15) is 28.0 Å². The van der Waals surface area contributed by atoms with Crippen LogP contribution < -0.4 is 14.8 Å². The highest BCUT2D eigenvalue weighted by molar-refractivity contribution is 7.89. The van der Waals surface area contributed by atoms with Crippen LogP contribution in [-0.4, -0.2) is 28.5 Å². The van der Waals surface area contributed by atoms with Crippen LogP contribution in [0.5, 0.6) is 5.75 Å². The molecule has 0 atom stereocenters. The maximum atomic E-state index is 13.6. The molecule has 0 radical (unpaired) electrons. The van der Waals surface area contributed by atoms with E-state index in [1.54, 1.807) is 0 Å². The number of hydrogen-bond acceptors (Lipinski definition) is 4. The van der Waals surface area contributed by atoms with Crippen LogP contribution in [0.2, 0.25) is 0 Å². The van der Waals surface area contributed by atoms with Crippen LogP contribution in [0.1, 0.15) is 10.4 Å². The average molecular weight is 356 g/mol. The van der Waals surface area contributed by atoms with Crippen molar-refractivity contribution in [1.29, 1.82) is 0 Å². The molecule has 0 heterocycles. The summed E-state index contributed by atoms with van der Waals surface area (Å²) in [4.78, 5) is 11.9. The van der Waals surface area contributed by atoms with Crippen molar-refractivity contribution in [2.75, 3.05) is 19.5 Å². The van der Waals surface area contributed by atoms with Crippen LogP contribution in [0.15, 0.2) is 41.3 Å². The summed E-state index contributed by atoms with van der Waals surface area (Å²) in [5.74, 6) is -2.73. The molecule has 2 N–H and O–H groups in total. The molecule has 6 nitrogen and oxygen atoms in total. The van der Waals surface area contributed by atoms with Crippen molar-refractivity contribution in [1.82, 2.24) is 4.72 Å². The van der Waals surface area contributed by atoms with Gasteiger partial charge < -0.3 is 10.1 Å². The Morgan fingerprint density at radius 2 is 1.75 bits per heavy atom. The molecule has 0 saturated carbocycles. The quantitative estimate of drug-likeness (QED) is 0.860. The zero-order chi connectivity index (χ0) is 17.9. The van der Waals surface area contributed by atoms with Gasteiger partial charge in [-0.25, -0.2) is 21.9 Å². The molecule has 2 aromatic carbocycles. The SMILES string of the molecule is CNS(=O)(=O)c1cc(C(=O)Nc2c(F)cccc2F)ccc1OC. The fourth-order valence-corrected chi connectivity index (χ4v) is 2.86. The molecular weight excluding hydrogens is 342 g/mol. The third-order valence-corrected chi connectivity index (χ3v) is 4.62.